The Bertz CT molecular complexity index is 446. The summed E-state index contributed by atoms with van der Waals surface area (Å²) in [6.07, 6.45) is 0. The Kier molecular flexibility index (Phi) is 2.92. The number of hydrazine groups is 1. The molecular formula is C11H13N3O2S. The molecule has 6 heteroatoms. The molecule has 0 spiro atoms. The van der Waals surface area contributed by atoms with Gasteiger partial charge >= 0.3 is 0 Å². The van der Waals surface area contributed by atoms with Gasteiger partial charge in [0.2, 0.25) is 0 Å². The van der Waals surface area contributed by atoms with Crippen molar-refractivity contribution in [3.8, 4) is 0 Å². The predicted molar refractivity (Wildman–Crippen MR) is 65.8 cm³/mol. The highest BCUT2D eigenvalue weighted by Crippen LogP contribution is 2.31. The van der Waals surface area contributed by atoms with E-state index in [-0.39, 0.29) is 5.91 Å². The van der Waals surface area contributed by atoms with Gasteiger partial charge in [0.15, 0.2) is 0 Å². The van der Waals surface area contributed by atoms with E-state index in [1.807, 2.05) is 23.1 Å². The van der Waals surface area contributed by atoms with E-state index >= 15 is 0 Å². The van der Waals surface area contributed by atoms with Crippen molar-refractivity contribution in [1.82, 2.24) is 9.73 Å². The van der Waals surface area contributed by atoms with E-state index in [0.29, 0.717) is 26.3 Å². The quantitative estimate of drug-likeness (QED) is 0.732. The number of hydrogen-bond acceptors (Lipinski definition) is 5. The minimum Gasteiger partial charge on any atom is -0.378 e. The number of benzene rings is 1. The molecule has 0 aromatic heterocycles. The van der Waals surface area contributed by atoms with Crippen LogP contribution in [0.3, 0.4) is 0 Å². The van der Waals surface area contributed by atoms with Crippen molar-refractivity contribution < 1.29 is 9.53 Å². The van der Waals surface area contributed by atoms with Gasteiger partial charge in [-0.3, -0.25) is 4.79 Å². The first-order valence-corrected chi connectivity index (χ1v) is 6.35. The van der Waals surface area contributed by atoms with Crippen molar-refractivity contribution in [2.24, 2.45) is 0 Å². The number of morpholine rings is 1. The maximum Gasteiger partial charge on any atom is 0.254 e. The molecule has 1 saturated heterocycles. The summed E-state index contributed by atoms with van der Waals surface area (Å²) in [4.78, 5) is 18.1. The van der Waals surface area contributed by atoms with Crippen LogP contribution in [0.2, 0.25) is 0 Å². The molecule has 0 aliphatic carbocycles. The lowest BCUT2D eigenvalue weighted by molar-refractivity contribution is 0.0303. The van der Waals surface area contributed by atoms with Crippen molar-refractivity contribution in [2.45, 2.75) is 4.90 Å². The van der Waals surface area contributed by atoms with E-state index in [2.05, 4.69) is 10.3 Å². The van der Waals surface area contributed by atoms with Crippen LogP contribution in [0.5, 0.6) is 0 Å². The Labute approximate surface area is 104 Å². The summed E-state index contributed by atoms with van der Waals surface area (Å²) in [5, 5.41) is 0. The summed E-state index contributed by atoms with van der Waals surface area (Å²) in [7, 11) is 0. The van der Waals surface area contributed by atoms with Crippen LogP contribution in [0.4, 0.5) is 5.69 Å². The first kappa shape index (κ1) is 10.9. The zero-order valence-electron chi connectivity index (χ0n) is 9.23. The van der Waals surface area contributed by atoms with Crippen LogP contribution in [-0.4, -0.2) is 37.1 Å². The first-order chi connectivity index (χ1) is 8.34. The third-order valence-corrected chi connectivity index (χ3v) is 3.65. The molecule has 1 fully saturated rings. The van der Waals surface area contributed by atoms with E-state index < -0.39 is 0 Å². The summed E-state index contributed by atoms with van der Waals surface area (Å²) in [5.74, 6) is 0.0785. The zero-order valence-corrected chi connectivity index (χ0v) is 10.0. The van der Waals surface area contributed by atoms with Crippen LogP contribution in [-0.2, 0) is 4.74 Å². The summed E-state index contributed by atoms with van der Waals surface area (Å²) in [6, 6.07) is 5.72. The number of amides is 1. The number of nitrogens with zero attached hydrogens (tertiary/aromatic N) is 1. The molecule has 0 unspecified atom stereocenters. The molecule has 3 rings (SSSR count). The van der Waals surface area contributed by atoms with Gasteiger partial charge in [0.05, 0.1) is 18.9 Å². The average molecular weight is 251 g/mol. The minimum absolute atomic E-state index is 0.0785. The molecule has 0 saturated carbocycles. The third-order valence-electron chi connectivity index (χ3n) is 2.87. The first-order valence-electron chi connectivity index (χ1n) is 5.53. The van der Waals surface area contributed by atoms with Crippen molar-refractivity contribution in [1.29, 1.82) is 0 Å². The number of ether oxygens (including phenoxy) is 1. The number of carbonyl (C=O) groups excluding carboxylic acids is 1. The summed E-state index contributed by atoms with van der Waals surface area (Å²) in [5.41, 5.74) is 4.71. The standard InChI is InChI=1S/C11H13N3O2S/c15-11(14-3-5-16-6-4-14)8-1-2-10-9(7-8)12-13-17-10/h1-2,7,12-13H,3-6H2. The monoisotopic (exact) mass is 251 g/mol. The van der Waals surface area contributed by atoms with Crippen molar-refractivity contribution in [2.75, 3.05) is 31.7 Å². The Morgan fingerprint density at radius 2 is 2.18 bits per heavy atom. The van der Waals surface area contributed by atoms with Gasteiger partial charge in [-0.1, -0.05) is 0 Å². The number of nitrogens with one attached hydrogen (secondary N) is 2. The molecule has 0 bridgehead atoms. The molecule has 1 aromatic carbocycles. The molecular weight excluding hydrogens is 238 g/mol. The average Bonchev–Trinajstić information content (AvgIpc) is 2.86. The number of rotatable bonds is 1. The SMILES string of the molecule is O=C(c1ccc2c(c1)NNS2)N1CCOCC1. The van der Waals surface area contributed by atoms with Crippen LogP contribution >= 0.6 is 11.9 Å². The molecule has 17 heavy (non-hydrogen) atoms. The van der Waals surface area contributed by atoms with Crippen LogP contribution in [0, 0.1) is 0 Å². The van der Waals surface area contributed by atoms with Gasteiger partial charge in [-0.05, 0) is 30.1 Å². The third kappa shape index (κ3) is 2.11. The van der Waals surface area contributed by atoms with Crippen molar-refractivity contribution in [3.63, 3.8) is 0 Å². The highest BCUT2D eigenvalue weighted by Gasteiger charge is 2.20. The molecule has 2 N–H and O–H groups in total. The normalized spacial score (nSPS) is 18.7. The summed E-state index contributed by atoms with van der Waals surface area (Å²) >= 11 is 1.52. The van der Waals surface area contributed by atoms with E-state index in [1.165, 1.54) is 11.9 Å². The fraction of sp³-hybridized carbons (Fsp3) is 0.364. The van der Waals surface area contributed by atoms with E-state index in [4.69, 9.17) is 4.74 Å². The molecule has 2 heterocycles. The molecule has 2 aliphatic rings. The fourth-order valence-corrected chi connectivity index (χ4v) is 2.56. The fourth-order valence-electron chi connectivity index (χ4n) is 1.93. The maximum absolute atomic E-state index is 12.2. The topological polar surface area (TPSA) is 53.6 Å². The summed E-state index contributed by atoms with van der Waals surface area (Å²) < 4.78 is 5.24. The van der Waals surface area contributed by atoms with Crippen molar-refractivity contribution in [3.05, 3.63) is 23.8 Å². The molecule has 1 aromatic rings. The predicted octanol–water partition coefficient (Wildman–Crippen LogP) is 1.10. The van der Waals surface area contributed by atoms with Crippen LogP contribution in [0.15, 0.2) is 23.1 Å². The largest absolute Gasteiger partial charge is 0.378 e. The van der Waals surface area contributed by atoms with Crippen LogP contribution in [0.1, 0.15) is 10.4 Å². The van der Waals surface area contributed by atoms with E-state index in [9.17, 15) is 4.79 Å². The van der Waals surface area contributed by atoms with Crippen LogP contribution < -0.4 is 10.3 Å². The molecule has 0 radical (unpaired) electrons. The van der Waals surface area contributed by atoms with Crippen LogP contribution in [0.25, 0.3) is 0 Å². The Balaban J connectivity index is 1.81. The maximum atomic E-state index is 12.2. The highest BCUT2D eigenvalue weighted by molar-refractivity contribution is 7.98. The highest BCUT2D eigenvalue weighted by atomic mass is 32.2. The van der Waals surface area contributed by atoms with Gasteiger partial charge in [0.25, 0.3) is 5.91 Å². The Morgan fingerprint density at radius 3 is 3.00 bits per heavy atom. The number of fused-ring (bicyclic) bond motifs is 1. The second-order valence-corrected chi connectivity index (χ2v) is 4.79. The second-order valence-electron chi connectivity index (χ2n) is 3.94. The molecule has 2 aliphatic heterocycles. The number of hydrogen-bond donors (Lipinski definition) is 2. The number of carbonyl (C=O) groups is 1. The van der Waals surface area contributed by atoms with Gasteiger partial charge in [0, 0.05) is 23.5 Å². The Morgan fingerprint density at radius 1 is 1.35 bits per heavy atom. The van der Waals surface area contributed by atoms with Gasteiger partial charge in [-0.15, -0.1) is 0 Å². The lowest BCUT2D eigenvalue weighted by Gasteiger charge is -2.26. The van der Waals surface area contributed by atoms with E-state index in [1.54, 1.807) is 0 Å². The Hall–Kier alpha value is -1.24. The second kappa shape index (κ2) is 4.56. The lowest BCUT2D eigenvalue weighted by Crippen LogP contribution is -2.40. The van der Waals surface area contributed by atoms with Gasteiger partial charge < -0.3 is 15.1 Å². The molecule has 0 atom stereocenters. The van der Waals surface area contributed by atoms with Gasteiger partial charge in [0.1, 0.15) is 0 Å². The molecule has 1 amide bonds. The van der Waals surface area contributed by atoms with Gasteiger partial charge in [-0.2, -0.15) is 4.83 Å². The smallest absolute Gasteiger partial charge is 0.254 e. The van der Waals surface area contributed by atoms with E-state index in [0.717, 1.165) is 16.1 Å². The minimum atomic E-state index is 0.0785. The number of anilines is 1. The van der Waals surface area contributed by atoms with Crippen molar-refractivity contribution >= 4 is 23.5 Å². The zero-order chi connectivity index (χ0) is 11.7. The lowest BCUT2D eigenvalue weighted by atomic mass is 10.1. The summed E-state index contributed by atoms with van der Waals surface area (Å²) in [6.45, 7) is 2.62. The van der Waals surface area contributed by atoms with Gasteiger partial charge in [-0.25, -0.2) is 0 Å². The molecule has 90 valence electrons. The molecule has 5 nitrogen and oxygen atoms in total.